The number of nitrogens with zero attached hydrogens (tertiary/aromatic N) is 1. The van der Waals surface area contributed by atoms with Crippen molar-refractivity contribution in [3.63, 3.8) is 0 Å². The minimum Gasteiger partial charge on any atom is -0.467 e. The van der Waals surface area contributed by atoms with Crippen molar-refractivity contribution in [1.82, 2.24) is 4.90 Å². The van der Waals surface area contributed by atoms with Crippen LogP contribution in [0.15, 0.2) is 16.7 Å². The molecule has 2 aliphatic rings. The number of furan rings is 1. The van der Waals surface area contributed by atoms with Crippen LogP contribution >= 0.6 is 12.4 Å². The van der Waals surface area contributed by atoms with Crippen molar-refractivity contribution in [2.24, 2.45) is 17.6 Å². The monoisotopic (exact) mass is 284 g/mol. The van der Waals surface area contributed by atoms with Crippen LogP contribution in [0.2, 0.25) is 0 Å². The van der Waals surface area contributed by atoms with Gasteiger partial charge < -0.3 is 15.1 Å². The van der Waals surface area contributed by atoms with Gasteiger partial charge in [0.2, 0.25) is 0 Å². The van der Waals surface area contributed by atoms with Crippen LogP contribution in [0.1, 0.15) is 41.8 Å². The molecule has 2 aliphatic carbocycles. The standard InChI is InChI=1S/C14H20N2O2.ClH/c1-16(13(9-2-3-9)10-4-5-10)14(17)11-6-12(7-15)18-8-11;/h6,8-10,13H,2-5,7,15H2,1H3;1H. The second kappa shape index (κ2) is 5.55. The van der Waals surface area contributed by atoms with Gasteiger partial charge in [-0.1, -0.05) is 0 Å². The molecule has 5 heteroatoms. The summed E-state index contributed by atoms with van der Waals surface area (Å²) in [5.74, 6) is 2.20. The van der Waals surface area contributed by atoms with E-state index in [1.807, 2.05) is 11.9 Å². The molecule has 0 saturated heterocycles. The fraction of sp³-hybridized carbons (Fsp3) is 0.643. The average Bonchev–Trinajstić information content (AvgIpc) is 3.30. The summed E-state index contributed by atoms with van der Waals surface area (Å²) in [5.41, 5.74) is 6.13. The van der Waals surface area contributed by atoms with E-state index in [9.17, 15) is 4.79 Å². The molecule has 4 nitrogen and oxygen atoms in total. The Hall–Kier alpha value is -1.00. The van der Waals surface area contributed by atoms with Crippen LogP contribution in [0.3, 0.4) is 0 Å². The number of halogens is 1. The molecule has 2 N–H and O–H groups in total. The lowest BCUT2D eigenvalue weighted by molar-refractivity contribution is 0.0689. The average molecular weight is 285 g/mol. The first kappa shape index (κ1) is 14.4. The predicted molar refractivity (Wildman–Crippen MR) is 75.2 cm³/mol. The number of amides is 1. The molecule has 1 aromatic heterocycles. The van der Waals surface area contributed by atoms with Crippen molar-refractivity contribution in [2.75, 3.05) is 7.05 Å². The summed E-state index contributed by atoms with van der Waals surface area (Å²) in [6.45, 7) is 0.339. The minimum atomic E-state index is 0. The van der Waals surface area contributed by atoms with E-state index in [2.05, 4.69) is 0 Å². The first-order chi connectivity index (χ1) is 8.70. The smallest absolute Gasteiger partial charge is 0.257 e. The molecular weight excluding hydrogens is 264 g/mol. The molecule has 19 heavy (non-hydrogen) atoms. The van der Waals surface area contributed by atoms with Crippen LogP contribution in [-0.2, 0) is 6.54 Å². The zero-order chi connectivity index (χ0) is 12.7. The van der Waals surface area contributed by atoms with Crippen LogP contribution in [0.25, 0.3) is 0 Å². The van der Waals surface area contributed by atoms with Crippen LogP contribution in [-0.4, -0.2) is 23.9 Å². The summed E-state index contributed by atoms with van der Waals surface area (Å²) in [7, 11) is 1.93. The van der Waals surface area contributed by atoms with Gasteiger partial charge in [-0.05, 0) is 43.6 Å². The summed E-state index contributed by atoms with van der Waals surface area (Å²) in [6, 6.07) is 2.20. The zero-order valence-electron chi connectivity index (χ0n) is 11.2. The van der Waals surface area contributed by atoms with E-state index in [-0.39, 0.29) is 18.3 Å². The number of rotatable bonds is 5. The normalized spacial score (nSPS) is 18.3. The highest BCUT2D eigenvalue weighted by molar-refractivity contribution is 5.94. The van der Waals surface area contributed by atoms with Gasteiger partial charge in [-0.2, -0.15) is 0 Å². The molecule has 1 amide bonds. The molecule has 1 heterocycles. The summed E-state index contributed by atoms with van der Waals surface area (Å²) < 4.78 is 5.24. The van der Waals surface area contributed by atoms with Crippen LogP contribution in [0.4, 0.5) is 0 Å². The maximum atomic E-state index is 12.4. The lowest BCUT2D eigenvalue weighted by Crippen LogP contribution is -2.39. The van der Waals surface area contributed by atoms with Gasteiger partial charge in [0, 0.05) is 13.1 Å². The molecular formula is C14H21ClN2O2. The molecule has 0 aromatic carbocycles. The highest BCUT2D eigenvalue weighted by Crippen LogP contribution is 2.47. The molecule has 2 fully saturated rings. The van der Waals surface area contributed by atoms with E-state index >= 15 is 0 Å². The molecule has 2 saturated carbocycles. The third-order valence-electron chi connectivity index (χ3n) is 4.08. The van der Waals surface area contributed by atoms with E-state index in [0.29, 0.717) is 23.9 Å². The largest absolute Gasteiger partial charge is 0.467 e. The lowest BCUT2D eigenvalue weighted by Gasteiger charge is -2.28. The van der Waals surface area contributed by atoms with Crippen molar-refractivity contribution in [1.29, 1.82) is 0 Å². The summed E-state index contributed by atoms with van der Waals surface area (Å²) in [4.78, 5) is 14.3. The third kappa shape index (κ3) is 2.95. The first-order valence-corrected chi connectivity index (χ1v) is 6.75. The van der Waals surface area contributed by atoms with Gasteiger partial charge >= 0.3 is 0 Å². The van der Waals surface area contributed by atoms with Crippen molar-refractivity contribution in [3.8, 4) is 0 Å². The lowest BCUT2D eigenvalue weighted by atomic mass is 10.1. The Bertz CT molecular complexity index is 440. The second-order valence-corrected chi connectivity index (χ2v) is 5.59. The van der Waals surface area contributed by atoms with Gasteiger partial charge in [0.1, 0.15) is 12.0 Å². The maximum absolute atomic E-state index is 12.4. The molecule has 0 unspecified atom stereocenters. The Kier molecular flexibility index (Phi) is 4.21. The van der Waals surface area contributed by atoms with Crippen LogP contribution in [0, 0.1) is 11.8 Å². The quantitative estimate of drug-likeness (QED) is 0.903. The van der Waals surface area contributed by atoms with E-state index in [4.69, 9.17) is 10.2 Å². The van der Waals surface area contributed by atoms with E-state index < -0.39 is 0 Å². The number of nitrogens with two attached hydrogens (primary N) is 1. The van der Waals surface area contributed by atoms with Crippen molar-refractivity contribution >= 4 is 18.3 Å². The van der Waals surface area contributed by atoms with E-state index in [1.54, 1.807) is 6.07 Å². The predicted octanol–water partition coefficient (Wildman–Crippen LogP) is 2.42. The Morgan fingerprint density at radius 1 is 1.42 bits per heavy atom. The molecule has 0 radical (unpaired) electrons. The van der Waals surface area contributed by atoms with Gasteiger partial charge in [-0.3, -0.25) is 4.79 Å². The molecule has 0 spiro atoms. The maximum Gasteiger partial charge on any atom is 0.257 e. The number of hydrogen-bond donors (Lipinski definition) is 1. The first-order valence-electron chi connectivity index (χ1n) is 6.75. The fourth-order valence-electron chi connectivity index (χ4n) is 2.83. The van der Waals surface area contributed by atoms with Gasteiger partial charge in [0.15, 0.2) is 0 Å². The number of carbonyl (C=O) groups is 1. The van der Waals surface area contributed by atoms with Crippen molar-refractivity contribution in [2.45, 2.75) is 38.3 Å². The second-order valence-electron chi connectivity index (χ2n) is 5.59. The van der Waals surface area contributed by atoms with Gasteiger partial charge in [0.25, 0.3) is 5.91 Å². The highest BCUT2D eigenvalue weighted by Gasteiger charge is 2.45. The summed E-state index contributed by atoms with van der Waals surface area (Å²) >= 11 is 0. The third-order valence-corrected chi connectivity index (χ3v) is 4.08. The Morgan fingerprint density at radius 3 is 2.42 bits per heavy atom. The van der Waals surface area contributed by atoms with E-state index in [0.717, 1.165) is 11.8 Å². The number of hydrogen-bond acceptors (Lipinski definition) is 3. The van der Waals surface area contributed by atoms with E-state index in [1.165, 1.54) is 31.9 Å². The molecule has 0 atom stereocenters. The molecule has 1 aromatic rings. The Labute approximate surface area is 119 Å². The van der Waals surface area contributed by atoms with Gasteiger partial charge in [0.05, 0.1) is 12.1 Å². The van der Waals surface area contributed by atoms with Gasteiger partial charge in [-0.15, -0.1) is 12.4 Å². The Balaban J connectivity index is 0.00000133. The number of carbonyl (C=O) groups excluding carboxylic acids is 1. The molecule has 0 bridgehead atoms. The van der Waals surface area contributed by atoms with Crippen molar-refractivity contribution in [3.05, 3.63) is 23.7 Å². The van der Waals surface area contributed by atoms with Crippen LogP contribution in [0.5, 0.6) is 0 Å². The van der Waals surface area contributed by atoms with Crippen molar-refractivity contribution < 1.29 is 9.21 Å². The van der Waals surface area contributed by atoms with Gasteiger partial charge in [-0.25, -0.2) is 0 Å². The summed E-state index contributed by atoms with van der Waals surface area (Å²) in [6.07, 6.45) is 6.63. The SMILES string of the molecule is CN(C(=O)c1coc(CN)c1)C(C1CC1)C1CC1.Cl. The zero-order valence-corrected chi connectivity index (χ0v) is 12.0. The Morgan fingerprint density at radius 2 is 2.00 bits per heavy atom. The minimum absolute atomic E-state index is 0. The molecule has 3 rings (SSSR count). The highest BCUT2D eigenvalue weighted by atomic mass is 35.5. The van der Waals surface area contributed by atoms with Crippen LogP contribution < -0.4 is 5.73 Å². The topological polar surface area (TPSA) is 59.5 Å². The molecule has 0 aliphatic heterocycles. The fourth-order valence-corrected chi connectivity index (χ4v) is 2.83. The molecule has 106 valence electrons. The summed E-state index contributed by atoms with van der Waals surface area (Å²) in [5, 5.41) is 0.